The molecule has 2 amide bonds. The summed E-state index contributed by atoms with van der Waals surface area (Å²) in [7, 11) is 0. The van der Waals surface area contributed by atoms with E-state index in [2.05, 4.69) is 5.32 Å². The highest BCUT2D eigenvalue weighted by Gasteiger charge is 2.44. The first-order valence-corrected chi connectivity index (χ1v) is 8.77. The van der Waals surface area contributed by atoms with Crippen LogP contribution in [0.2, 0.25) is 5.02 Å². The molecule has 0 aliphatic carbocycles. The molecule has 3 rings (SSSR count). The summed E-state index contributed by atoms with van der Waals surface area (Å²) in [6.07, 6.45) is 0. The lowest BCUT2D eigenvalue weighted by Gasteiger charge is -2.41. The van der Waals surface area contributed by atoms with Gasteiger partial charge in [-0.3, -0.25) is 14.5 Å². The average Bonchev–Trinajstić information content (AvgIpc) is 2.58. The lowest BCUT2D eigenvalue weighted by Crippen LogP contribution is -2.57. The number of para-hydroxylation sites is 1. The lowest BCUT2D eigenvalue weighted by atomic mass is 10.0. The van der Waals surface area contributed by atoms with Gasteiger partial charge in [-0.1, -0.05) is 29.8 Å². The molecule has 0 fully saturated rings. The van der Waals surface area contributed by atoms with Gasteiger partial charge in [0.05, 0.1) is 16.4 Å². The molecule has 0 saturated carbocycles. The number of anilines is 2. The number of aryl methyl sites for hydroxylation is 1. The highest BCUT2D eigenvalue weighted by molar-refractivity contribution is 6.33. The van der Waals surface area contributed by atoms with E-state index >= 15 is 0 Å². The van der Waals surface area contributed by atoms with Gasteiger partial charge in [-0.05, 0) is 57.5 Å². The Morgan fingerprint density at radius 1 is 1.23 bits per heavy atom. The van der Waals surface area contributed by atoms with Crippen molar-refractivity contribution in [3.63, 3.8) is 0 Å². The molecule has 1 aliphatic heterocycles. The van der Waals surface area contributed by atoms with E-state index < -0.39 is 11.6 Å². The number of nitrogens with one attached hydrogen (secondary N) is 1. The van der Waals surface area contributed by atoms with Crippen LogP contribution in [0.3, 0.4) is 0 Å². The summed E-state index contributed by atoms with van der Waals surface area (Å²) >= 11 is 6.12. The highest BCUT2D eigenvalue weighted by atomic mass is 35.5. The first-order chi connectivity index (χ1) is 12.2. The summed E-state index contributed by atoms with van der Waals surface area (Å²) in [4.78, 5) is 27.3. The molecule has 0 saturated heterocycles. The second kappa shape index (κ2) is 6.65. The second-order valence-electron chi connectivity index (χ2n) is 6.90. The average molecular weight is 373 g/mol. The third-order valence-electron chi connectivity index (χ3n) is 4.37. The molecule has 1 heterocycles. The molecule has 1 aliphatic rings. The molecule has 0 radical (unpaired) electrons. The first-order valence-electron chi connectivity index (χ1n) is 8.39. The summed E-state index contributed by atoms with van der Waals surface area (Å²) < 4.78 is 5.84. The Morgan fingerprint density at radius 3 is 2.62 bits per heavy atom. The van der Waals surface area contributed by atoms with Crippen LogP contribution in [0.5, 0.6) is 5.75 Å². The Bertz CT molecular complexity index is 879. The molecule has 5 nitrogen and oxygen atoms in total. The third-order valence-corrected chi connectivity index (χ3v) is 4.70. The SMILES string of the molecule is Cc1ccc2c(c1)N(C(C)C(=O)Nc1ccccc1Cl)C(=O)C(C)(C)O2. The Labute approximate surface area is 157 Å². The summed E-state index contributed by atoms with van der Waals surface area (Å²) in [6, 6.07) is 11.8. The molecule has 6 heteroatoms. The second-order valence-corrected chi connectivity index (χ2v) is 7.31. The smallest absolute Gasteiger partial charge is 0.271 e. The van der Waals surface area contributed by atoms with Gasteiger partial charge in [0.2, 0.25) is 5.91 Å². The number of hydrogen-bond donors (Lipinski definition) is 1. The normalized spacial score (nSPS) is 16.5. The van der Waals surface area contributed by atoms with Crippen molar-refractivity contribution in [2.75, 3.05) is 10.2 Å². The number of amides is 2. The van der Waals surface area contributed by atoms with Crippen LogP contribution in [0.1, 0.15) is 26.3 Å². The lowest BCUT2D eigenvalue weighted by molar-refractivity contribution is -0.134. The van der Waals surface area contributed by atoms with Gasteiger partial charge >= 0.3 is 0 Å². The van der Waals surface area contributed by atoms with Crippen LogP contribution in [-0.2, 0) is 9.59 Å². The maximum Gasteiger partial charge on any atom is 0.271 e. The summed E-state index contributed by atoms with van der Waals surface area (Å²) in [5.41, 5.74) is 1.02. The molecule has 1 N–H and O–H groups in total. The molecule has 0 aromatic heterocycles. The minimum atomic E-state index is -1.05. The Kier molecular flexibility index (Phi) is 4.67. The van der Waals surface area contributed by atoms with Crippen molar-refractivity contribution in [3.05, 3.63) is 53.1 Å². The van der Waals surface area contributed by atoms with E-state index in [0.717, 1.165) is 5.56 Å². The molecular weight excluding hydrogens is 352 g/mol. The Morgan fingerprint density at radius 2 is 1.92 bits per heavy atom. The molecule has 0 bridgehead atoms. The van der Waals surface area contributed by atoms with Gasteiger partial charge in [-0.2, -0.15) is 0 Å². The van der Waals surface area contributed by atoms with Crippen molar-refractivity contribution in [1.29, 1.82) is 0 Å². The van der Waals surface area contributed by atoms with Gasteiger partial charge in [0.15, 0.2) is 5.60 Å². The summed E-state index contributed by atoms with van der Waals surface area (Å²) in [6.45, 7) is 7.02. The number of hydrogen-bond acceptors (Lipinski definition) is 3. The van der Waals surface area contributed by atoms with Crippen LogP contribution in [0.25, 0.3) is 0 Å². The monoisotopic (exact) mass is 372 g/mol. The molecule has 1 atom stereocenters. The van der Waals surface area contributed by atoms with Crippen LogP contribution in [-0.4, -0.2) is 23.5 Å². The van der Waals surface area contributed by atoms with Crippen LogP contribution in [0.4, 0.5) is 11.4 Å². The Balaban J connectivity index is 1.96. The fourth-order valence-corrected chi connectivity index (χ4v) is 3.10. The maximum atomic E-state index is 13.0. The van der Waals surface area contributed by atoms with Crippen molar-refractivity contribution in [3.8, 4) is 5.75 Å². The zero-order valence-corrected chi connectivity index (χ0v) is 15.9. The first kappa shape index (κ1) is 18.3. The van der Waals surface area contributed by atoms with E-state index in [9.17, 15) is 9.59 Å². The molecule has 136 valence electrons. The molecule has 0 spiro atoms. The van der Waals surface area contributed by atoms with Crippen LogP contribution >= 0.6 is 11.6 Å². The van der Waals surface area contributed by atoms with Crippen molar-refractivity contribution < 1.29 is 14.3 Å². The van der Waals surface area contributed by atoms with E-state index in [1.807, 2.05) is 25.1 Å². The number of halogens is 1. The quantitative estimate of drug-likeness (QED) is 0.879. The molecule has 2 aromatic carbocycles. The number of rotatable bonds is 3. The number of fused-ring (bicyclic) bond motifs is 1. The van der Waals surface area contributed by atoms with Gasteiger partial charge in [-0.15, -0.1) is 0 Å². The minimum absolute atomic E-state index is 0.266. The van der Waals surface area contributed by atoms with E-state index in [4.69, 9.17) is 16.3 Å². The maximum absolute atomic E-state index is 13.0. The van der Waals surface area contributed by atoms with Gasteiger partial charge in [-0.25, -0.2) is 0 Å². The number of benzene rings is 2. The zero-order chi connectivity index (χ0) is 19.1. The minimum Gasteiger partial charge on any atom is -0.476 e. The summed E-state index contributed by atoms with van der Waals surface area (Å²) in [5.74, 6) is -0.00777. The van der Waals surface area contributed by atoms with E-state index in [1.165, 1.54) is 4.90 Å². The fraction of sp³-hybridized carbons (Fsp3) is 0.300. The Hall–Kier alpha value is -2.53. The van der Waals surface area contributed by atoms with Gasteiger partial charge in [0.1, 0.15) is 11.8 Å². The van der Waals surface area contributed by atoms with E-state index in [0.29, 0.717) is 22.1 Å². The molecule has 26 heavy (non-hydrogen) atoms. The third kappa shape index (κ3) is 3.27. The van der Waals surface area contributed by atoms with Gasteiger partial charge < -0.3 is 10.1 Å². The molecule has 2 aromatic rings. The number of ether oxygens (including phenoxy) is 1. The number of nitrogens with zero attached hydrogens (tertiary/aromatic N) is 1. The zero-order valence-electron chi connectivity index (χ0n) is 15.2. The number of carbonyl (C=O) groups is 2. The molecular formula is C20H21ClN2O3. The van der Waals surface area contributed by atoms with E-state index in [1.54, 1.807) is 45.0 Å². The number of carbonyl (C=O) groups excluding carboxylic acids is 2. The standard InChI is InChI=1S/C20H21ClN2O3/c1-12-9-10-17-16(11-12)23(19(25)20(3,4)26-17)13(2)18(24)22-15-8-6-5-7-14(15)21/h5-11,13H,1-4H3,(H,22,24). The van der Waals surface area contributed by atoms with Crippen molar-refractivity contribution in [1.82, 2.24) is 0 Å². The van der Waals surface area contributed by atoms with Crippen molar-refractivity contribution in [2.45, 2.75) is 39.3 Å². The predicted octanol–water partition coefficient (Wildman–Crippen LogP) is 4.18. The van der Waals surface area contributed by atoms with Crippen molar-refractivity contribution >= 4 is 34.8 Å². The van der Waals surface area contributed by atoms with Gasteiger partial charge in [0.25, 0.3) is 5.91 Å². The van der Waals surface area contributed by atoms with Crippen LogP contribution < -0.4 is 15.0 Å². The fourth-order valence-electron chi connectivity index (χ4n) is 2.92. The van der Waals surface area contributed by atoms with Crippen LogP contribution in [0, 0.1) is 6.92 Å². The predicted molar refractivity (Wildman–Crippen MR) is 103 cm³/mol. The largest absolute Gasteiger partial charge is 0.476 e. The van der Waals surface area contributed by atoms with Gasteiger partial charge in [0, 0.05) is 0 Å². The molecule has 1 unspecified atom stereocenters. The topological polar surface area (TPSA) is 58.6 Å². The summed E-state index contributed by atoms with van der Waals surface area (Å²) in [5, 5.41) is 3.24. The highest BCUT2D eigenvalue weighted by Crippen LogP contribution is 2.39. The van der Waals surface area contributed by atoms with Crippen LogP contribution in [0.15, 0.2) is 42.5 Å². The van der Waals surface area contributed by atoms with E-state index in [-0.39, 0.29) is 11.8 Å². The van der Waals surface area contributed by atoms with Crippen molar-refractivity contribution in [2.24, 2.45) is 0 Å².